The van der Waals surface area contributed by atoms with E-state index in [1.807, 2.05) is 0 Å². The van der Waals surface area contributed by atoms with Crippen LogP contribution in [0.25, 0.3) is 0 Å². The number of nitrogens with one attached hydrogen (secondary N) is 3. The Kier molecular flexibility index (Phi) is 6.07. The Morgan fingerprint density at radius 1 is 1.23 bits per heavy atom. The van der Waals surface area contributed by atoms with Crippen LogP contribution < -0.4 is 20.7 Å². The zero-order chi connectivity index (χ0) is 18.4. The zero-order valence-electron chi connectivity index (χ0n) is 14.1. The van der Waals surface area contributed by atoms with Crippen molar-refractivity contribution in [1.29, 1.82) is 0 Å². The average Bonchev–Trinajstić information content (AvgIpc) is 3.14. The lowest BCUT2D eigenvalue weighted by molar-refractivity contribution is -0.664. The molecule has 0 bridgehead atoms. The summed E-state index contributed by atoms with van der Waals surface area (Å²) >= 11 is 1.20. The molecule has 0 radical (unpaired) electrons. The second kappa shape index (κ2) is 8.47. The third-order valence-corrected chi connectivity index (χ3v) is 6.36. The minimum atomic E-state index is -3.69. The Morgan fingerprint density at radius 3 is 2.62 bits per heavy atom. The number of urea groups is 1. The van der Waals surface area contributed by atoms with Crippen LogP contribution >= 0.6 is 11.3 Å². The summed E-state index contributed by atoms with van der Waals surface area (Å²) in [5, 5.41) is 9.89. The van der Waals surface area contributed by atoms with Gasteiger partial charge in [0, 0.05) is 36.7 Å². The molecule has 0 saturated carbocycles. The van der Waals surface area contributed by atoms with E-state index in [2.05, 4.69) is 25.7 Å². The average molecular weight is 397 g/mol. The number of quaternary nitrogens is 1. The van der Waals surface area contributed by atoms with Gasteiger partial charge in [0.25, 0.3) is 10.0 Å². The maximum Gasteiger partial charge on any atom is 0.319 e. The molecule has 1 fully saturated rings. The van der Waals surface area contributed by atoms with E-state index in [0.717, 1.165) is 25.9 Å². The maximum absolute atomic E-state index is 12.3. The van der Waals surface area contributed by atoms with E-state index < -0.39 is 10.0 Å². The molecule has 1 saturated heterocycles. The minimum absolute atomic E-state index is 0.108. The smallest absolute Gasteiger partial charge is 0.319 e. The second-order valence-corrected chi connectivity index (χ2v) is 8.69. The second-order valence-electron chi connectivity index (χ2n) is 6.11. The molecule has 1 aliphatic heterocycles. The highest BCUT2D eigenvalue weighted by molar-refractivity contribution is 7.93. The number of sulfonamides is 1. The van der Waals surface area contributed by atoms with Gasteiger partial charge in [0.05, 0.1) is 18.0 Å². The van der Waals surface area contributed by atoms with Crippen LogP contribution in [-0.2, 0) is 10.0 Å². The van der Waals surface area contributed by atoms with E-state index >= 15 is 0 Å². The van der Waals surface area contributed by atoms with Crippen LogP contribution in [0.5, 0.6) is 0 Å². The number of piperidine rings is 1. The van der Waals surface area contributed by atoms with Gasteiger partial charge in [-0.15, -0.1) is 11.3 Å². The summed E-state index contributed by atoms with van der Waals surface area (Å²) in [4.78, 5) is 16.0. The number of benzene rings is 1. The summed E-state index contributed by atoms with van der Waals surface area (Å²) in [5.74, 6) is 0.523. The first kappa shape index (κ1) is 18.6. The van der Waals surface area contributed by atoms with Gasteiger partial charge in [0.1, 0.15) is 0 Å². The van der Waals surface area contributed by atoms with E-state index in [9.17, 15) is 13.2 Å². The van der Waals surface area contributed by atoms with Gasteiger partial charge in [-0.25, -0.2) is 18.2 Å². The molecule has 0 unspecified atom stereocenters. The molecular weight excluding hydrogens is 374 g/mol. The fourth-order valence-electron chi connectivity index (χ4n) is 2.78. The summed E-state index contributed by atoms with van der Waals surface area (Å²) in [6.07, 6.45) is 3.75. The number of amides is 2. The van der Waals surface area contributed by atoms with Crippen LogP contribution in [0, 0.1) is 5.92 Å². The number of hydrogen-bond acceptors (Lipinski definition) is 5. The predicted octanol–water partition coefficient (Wildman–Crippen LogP) is 1.04. The molecule has 2 aromatic rings. The van der Waals surface area contributed by atoms with Crippen molar-refractivity contribution in [2.45, 2.75) is 17.7 Å². The van der Waals surface area contributed by atoms with Gasteiger partial charge >= 0.3 is 6.03 Å². The van der Waals surface area contributed by atoms with E-state index in [0.29, 0.717) is 23.3 Å². The van der Waals surface area contributed by atoms with Crippen molar-refractivity contribution >= 4 is 38.2 Å². The molecule has 1 aromatic heterocycles. The first-order valence-corrected chi connectivity index (χ1v) is 10.8. The highest BCUT2D eigenvalue weighted by atomic mass is 32.2. The van der Waals surface area contributed by atoms with E-state index in [-0.39, 0.29) is 10.9 Å². The zero-order valence-corrected chi connectivity index (χ0v) is 15.8. The van der Waals surface area contributed by atoms with Crippen molar-refractivity contribution in [1.82, 2.24) is 10.3 Å². The summed E-state index contributed by atoms with van der Waals surface area (Å²) in [5.41, 5.74) is 0.535. The quantitative estimate of drug-likeness (QED) is 0.584. The van der Waals surface area contributed by atoms with Crippen molar-refractivity contribution in [3.8, 4) is 0 Å². The van der Waals surface area contributed by atoms with Gasteiger partial charge in [-0.05, 0) is 30.2 Å². The monoisotopic (exact) mass is 396 g/mol. The summed E-state index contributed by atoms with van der Waals surface area (Å²) in [7, 11) is -3.69. The number of rotatable bonds is 6. The molecular formula is C16H22N5O3S2+. The van der Waals surface area contributed by atoms with Crippen LogP contribution in [0.1, 0.15) is 12.8 Å². The van der Waals surface area contributed by atoms with E-state index in [1.165, 1.54) is 29.7 Å². The number of carbonyl (C=O) groups is 1. The highest BCUT2D eigenvalue weighted by Gasteiger charge is 2.17. The lowest BCUT2D eigenvalue weighted by Gasteiger charge is -2.20. The first-order chi connectivity index (χ1) is 12.5. The van der Waals surface area contributed by atoms with Crippen LogP contribution in [-0.4, -0.2) is 39.1 Å². The number of nitrogens with zero attached hydrogens (tertiary/aromatic N) is 1. The van der Waals surface area contributed by atoms with Crippen molar-refractivity contribution in [3.63, 3.8) is 0 Å². The molecule has 0 aliphatic carbocycles. The van der Waals surface area contributed by atoms with Crippen molar-refractivity contribution in [2.24, 2.45) is 5.92 Å². The molecule has 8 nitrogen and oxygen atoms in total. The van der Waals surface area contributed by atoms with E-state index in [1.54, 1.807) is 17.5 Å². The number of carbonyl (C=O) groups excluding carboxylic acids is 1. The van der Waals surface area contributed by atoms with Gasteiger partial charge in [-0.3, -0.25) is 4.72 Å². The fraction of sp³-hybridized carbons (Fsp3) is 0.375. The molecule has 2 amide bonds. The lowest BCUT2D eigenvalue weighted by atomic mass is 9.98. The molecule has 140 valence electrons. The van der Waals surface area contributed by atoms with Gasteiger partial charge in [0.15, 0.2) is 5.13 Å². The number of aromatic nitrogens is 1. The SMILES string of the molecule is O=C(NCC1CC[NH2+]CC1)Nc1ccc(S(=O)(=O)Nc2nccs2)cc1. The van der Waals surface area contributed by atoms with Gasteiger partial charge < -0.3 is 16.0 Å². The minimum Gasteiger partial charge on any atom is -0.346 e. The van der Waals surface area contributed by atoms with Gasteiger partial charge in [-0.2, -0.15) is 0 Å². The molecule has 0 spiro atoms. The Bertz CT molecular complexity index is 816. The number of nitrogens with two attached hydrogens (primary N) is 1. The Morgan fingerprint density at radius 2 is 1.96 bits per heavy atom. The van der Waals surface area contributed by atoms with Crippen LogP contribution in [0.15, 0.2) is 40.7 Å². The molecule has 10 heteroatoms. The summed E-state index contributed by atoms with van der Waals surface area (Å²) < 4.78 is 26.9. The largest absolute Gasteiger partial charge is 0.346 e. The standard InChI is InChI=1S/C16H21N5O3S2/c22-15(19-11-12-5-7-17-8-6-12)20-13-1-3-14(4-2-13)26(23,24)21-16-18-9-10-25-16/h1-4,9-10,12,17H,5-8,11H2,(H,18,21)(H2,19,20,22)/p+1. The Labute approximate surface area is 156 Å². The molecule has 26 heavy (non-hydrogen) atoms. The molecule has 3 rings (SSSR count). The lowest BCUT2D eigenvalue weighted by Crippen LogP contribution is -2.86. The summed E-state index contributed by atoms with van der Waals surface area (Å²) in [6, 6.07) is 5.73. The number of thiazole rings is 1. The Balaban J connectivity index is 1.52. The molecule has 5 N–H and O–H groups in total. The fourth-order valence-corrected chi connectivity index (χ4v) is 4.57. The highest BCUT2D eigenvalue weighted by Crippen LogP contribution is 2.19. The predicted molar refractivity (Wildman–Crippen MR) is 101 cm³/mol. The van der Waals surface area contributed by atoms with Gasteiger partial charge in [-0.1, -0.05) is 0 Å². The first-order valence-electron chi connectivity index (χ1n) is 8.42. The van der Waals surface area contributed by atoms with Crippen molar-refractivity contribution in [2.75, 3.05) is 29.7 Å². The van der Waals surface area contributed by atoms with E-state index in [4.69, 9.17) is 0 Å². The van der Waals surface area contributed by atoms with Crippen molar-refractivity contribution < 1.29 is 18.5 Å². The van der Waals surface area contributed by atoms with Crippen molar-refractivity contribution in [3.05, 3.63) is 35.8 Å². The Hall–Kier alpha value is -2.17. The third-order valence-electron chi connectivity index (χ3n) is 4.19. The molecule has 1 aromatic carbocycles. The van der Waals surface area contributed by atoms with Gasteiger partial charge in [0.2, 0.25) is 0 Å². The van der Waals surface area contributed by atoms with Crippen LogP contribution in [0.3, 0.4) is 0 Å². The summed E-state index contributed by atoms with van der Waals surface area (Å²) in [6.45, 7) is 2.88. The number of anilines is 2. The topological polar surface area (TPSA) is 117 Å². The molecule has 0 atom stereocenters. The van der Waals surface area contributed by atoms with Crippen LogP contribution in [0.4, 0.5) is 15.6 Å². The maximum atomic E-state index is 12.3. The normalized spacial score (nSPS) is 15.4. The number of hydrogen-bond donors (Lipinski definition) is 4. The van der Waals surface area contributed by atoms with Crippen LogP contribution in [0.2, 0.25) is 0 Å². The molecule has 1 aliphatic rings. The third kappa shape index (κ3) is 5.16. The molecule has 2 heterocycles.